The number of nitrogens with one attached hydrogen (secondary N) is 1. The first-order chi connectivity index (χ1) is 7.20. The fourth-order valence-electron chi connectivity index (χ4n) is 2.28. The van der Waals surface area contributed by atoms with Crippen LogP contribution in [0.5, 0.6) is 0 Å². The Balaban J connectivity index is 2.52. The lowest BCUT2D eigenvalue weighted by molar-refractivity contribution is -0.121. The minimum atomic E-state index is -0.0985. The van der Waals surface area contributed by atoms with Crippen LogP contribution in [0.4, 0.5) is 0 Å². The highest BCUT2D eigenvalue weighted by Crippen LogP contribution is 2.35. The molecule has 1 aliphatic heterocycles. The number of hydrogen-bond acceptors (Lipinski definition) is 4. The summed E-state index contributed by atoms with van der Waals surface area (Å²) in [5.74, 6) is 1.16. The monoisotopic (exact) mass is 209 g/mol. The molecule has 0 aromatic heterocycles. The number of hydrogen-bond donors (Lipinski definition) is 1. The van der Waals surface area contributed by atoms with Gasteiger partial charge >= 0.3 is 0 Å². The van der Waals surface area contributed by atoms with Gasteiger partial charge in [-0.15, -0.1) is 0 Å². The molecule has 1 atom stereocenters. The topological polar surface area (TPSA) is 47.6 Å². The van der Waals surface area contributed by atoms with Crippen molar-refractivity contribution in [3.05, 3.63) is 22.8 Å². The second-order valence-corrected chi connectivity index (χ2v) is 3.74. The third-order valence-corrected chi connectivity index (χ3v) is 2.97. The van der Waals surface area contributed by atoms with Gasteiger partial charge < -0.3 is 14.8 Å². The first kappa shape index (κ1) is 10.1. The van der Waals surface area contributed by atoms with E-state index in [9.17, 15) is 4.79 Å². The Bertz CT molecular complexity index is 368. The average Bonchev–Trinajstić information content (AvgIpc) is 2.68. The van der Waals surface area contributed by atoms with Crippen LogP contribution in [0.1, 0.15) is 13.3 Å². The van der Waals surface area contributed by atoms with E-state index in [2.05, 4.69) is 5.32 Å². The SMILES string of the molecule is COC1=C(C)C(OC)=C2NCCC2C1=O. The summed E-state index contributed by atoms with van der Waals surface area (Å²) >= 11 is 0. The first-order valence-corrected chi connectivity index (χ1v) is 5.02. The number of ketones is 1. The molecule has 1 heterocycles. The van der Waals surface area contributed by atoms with Gasteiger partial charge in [0.05, 0.1) is 25.8 Å². The minimum Gasteiger partial charge on any atom is -0.494 e. The van der Waals surface area contributed by atoms with Gasteiger partial charge in [0, 0.05) is 12.1 Å². The van der Waals surface area contributed by atoms with Crippen molar-refractivity contribution in [1.29, 1.82) is 0 Å². The van der Waals surface area contributed by atoms with Crippen LogP contribution in [0.15, 0.2) is 22.8 Å². The Morgan fingerprint density at radius 3 is 2.53 bits per heavy atom. The Kier molecular flexibility index (Phi) is 2.42. The standard InChI is InChI=1S/C11H15NO3/c1-6-10(14-2)8-7(4-5-12-8)9(13)11(6)15-3/h7,12H,4-5H2,1-3H3. The molecule has 1 aliphatic carbocycles. The maximum atomic E-state index is 12.0. The van der Waals surface area contributed by atoms with E-state index >= 15 is 0 Å². The highest BCUT2D eigenvalue weighted by molar-refractivity contribution is 6.00. The third-order valence-electron chi connectivity index (χ3n) is 2.97. The summed E-state index contributed by atoms with van der Waals surface area (Å²) in [4.78, 5) is 12.0. The smallest absolute Gasteiger partial charge is 0.206 e. The molecule has 82 valence electrons. The summed E-state index contributed by atoms with van der Waals surface area (Å²) in [5.41, 5.74) is 1.70. The number of carbonyl (C=O) groups is 1. The number of allylic oxidation sites excluding steroid dienone is 3. The summed E-state index contributed by atoms with van der Waals surface area (Å²) in [7, 11) is 3.14. The first-order valence-electron chi connectivity index (χ1n) is 5.02. The van der Waals surface area contributed by atoms with Crippen LogP contribution in [0.3, 0.4) is 0 Å². The summed E-state index contributed by atoms with van der Waals surface area (Å²) in [6.07, 6.45) is 0.821. The zero-order valence-electron chi connectivity index (χ0n) is 9.22. The number of carbonyl (C=O) groups excluding carboxylic acids is 1. The third kappa shape index (κ3) is 1.32. The van der Waals surface area contributed by atoms with E-state index in [4.69, 9.17) is 9.47 Å². The second kappa shape index (κ2) is 3.61. The molecule has 1 unspecified atom stereocenters. The molecular formula is C11H15NO3. The molecule has 0 aromatic carbocycles. The van der Waals surface area contributed by atoms with Gasteiger partial charge in [-0.25, -0.2) is 0 Å². The van der Waals surface area contributed by atoms with E-state index in [0.717, 1.165) is 30.0 Å². The molecule has 4 heteroatoms. The lowest BCUT2D eigenvalue weighted by Crippen LogP contribution is -2.26. The lowest BCUT2D eigenvalue weighted by atomic mass is 9.90. The van der Waals surface area contributed by atoms with E-state index in [1.807, 2.05) is 6.92 Å². The Labute approximate surface area is 88.9 Å². The second-order valence-electron chi connectivity index (χ2n) is 3.74. The molecule has 0 bridgehead atoms. The summed E-state index contributed by atoms with van der Waals surface area (Å²) in [5, 5.41) is 3.21. The van der Waals surface area contributed by atoms with Crippen LogP contribution < -0.4 is 5.32 Å². The van der Waals surface area contributed by atoms with Crippen molar-refractivity contribution in [3.8, 4) is 0 Å². The van der Waals surface area contributed by atoms with Crippen molar-refractivity contribution < 1.29 is 14.3 Å². The maximum Gasteiger partial charge on any atom is 0.206 e. The highest BCUT2D eigenvalue weighted by atomic mass is 16.5. The van der Waals surface area contributed by atoms with E-state index in [1.54, 1.807) is 7.11 Å². The van der Waals surface area contributed by atoms with Crippen molar-refractivity contribution in [3.63, 3.8) is 0 Å². The van der Waals surface area contributed by atoms with E-state index in [1.165, 1.54) is 7.11 Å². The highest BCUT2D eigenvalue weighted by Gasteiger charge is 2.39. The van der Waals surface area contributed by atoms with Crippen LogP contribution in [0.25, 0.3) is 0 Å². The van der Waals surface area contributed by atoms with Crippen LogP contribution >= 0.6 is 0 Å². The molecule has 1 N–H and O–H groups in total. The van der Waals surface area contributed by atoms with Crippen molar-refractivity contribution in [2.75, 3.05) is 20.8 Å². The number of fused-ring (bicyclic) bond motifs is 1. The van der Waals surface area contributed by atoms with Crippen LogP contribution in [-0.4, -0.2) is 26.5 Å². The normalized spacial score (nSPS) is 25.3. The molecule has 15 heavy (non-hydrogen) atoms. The molecule has 0 saturated carbocycles. The van der Waals surface area contributed by atoms with Crippen molar-refractivity contribution in [1.82, 2.24) is 5.32 Å². The molecule has 4 nitrogen and oxygen atoms in total. The molecule has 0 radical (unpaired) electrons. The molecule has 1 fully saturated rings. The molecule has 0 aromatic rings. The number of ether oxygens (including phenoxy) is 2. The quantitative estimate of drug-likeness (QED) is 0.735. The lowest BCUT2D eigenvalue weighted by Gasteiger charge is -2.23. The zero-order valence-corrected chi connectivity index (χ0v) is 9.22. The number of methoxy groups -OCH3 is 2. The zero-order chi connectivity index (χ0) is 11.0. The molecule has 0 spiro atoms. The van der Waals surface area contributed by atoms with Crippen LogP contribution in [-0.2, 0) is 14.3 Å². The summed E-state index contributed by atoms with van der Waals surface area (Å²) in [6.45, 7) is 2.67. The minimum absolute atomic E-state index is 0.0656. The number of rotatable bonds is 2. The molecule has 0 amide bonds. The largest absolute Gasteiger partial charge is 0.494 e. The van der Waals surface area contributed by atoms with E-state index in [-0.39, 0.29) is 11.7 Å². The van der Waals surface area contributed by atoms with Gasteiger partial charge in [0.2, 0.25) is 5.78 Å². The number of Topliss-reactive ketones (excluding diaryl/α,β-unsaturated/α-hetero) is 1. The van der Waals surface area contributed by atoms with Gasteiger partial charge in [-0.2, -0.15) is 0 Å². The fourth-order valence-corrected chi connectivity index (χ4v) is 2.28. The van der Waals surface area contributed by atoms with Gasteiger partial charge in [0.1, 0.15) is 5.76 Å². The predicted octanol–water partition coefficient (Wildman–Crippen LogP) is 0.957. The van der Waals surface area contributed by atoms with Gasteiger partial charge in [0.25, 0.3) is 0 Å². The van der Waals surface area contributed by atoms with E-state index < -0.39 is 0 Å². The van der Waals surface area contributed by atoms with Gasteiger partial charge in [-0.1, -0.05) is 0 Å². The Morgan fingerprint density at radius 2 is 1.93 bits per heavy atom. The van der Waals surface area contributed by atoms with Gasteiger partial charge in [-0.3, -0.25) is 4.79 Å². The van der Waals surface area contributed by atoms with E-state index in [0.29, 0.717) is 5.76 Å². The van der Waals surface area contributed by atoms with Crippen LogP contribution in [0.2, 0.25) is 0 Å². The summed E-state index contributed by atoms with van der Waals surface area (Å²) in [6, 6.07) is 0. The Hall–Kier alpha value is -1.45. The molecule has 2 aliphatic rings. The molecule has 2 rings (SSSR count). The fraction of sp³-hybridized carbons (Fsp3) is 0.545. The van der Waals surface area contributed by atoms with Crippen molar-refractivity contribution in [2.24, 2.45) is 5.92 Å². The Morgan fingerprint density at radius 1 is 1.27 bits per heavy atom. The summed E-state index contributed by atoms with van der Waals surface area (Å²) < 4.78 is 10.5. The molecular weight excluding hydrogens is 194 g/mol. The maximum absolute atomic E-state index is 12.0. The van der Waals surface area contributed by atoms with Gasteiger partial charge in [-0.05, 0) is 13.3 Å². The predicted molar refractivity (Wildman–Crippen MR) is 54.9 cm³/mol. The average molecular weight is 209 g/mol. The molecule has 1 saturated heterocycles. The van der Waals surface area contributed by atoms with Crippen LogP contribution in [0, 0.1) is 5.92 Å². The van der Waals surface area contributed by atoms with Gasteiger partial charge in [0.15, 0.2) is 5.76 Å². The van der Waals surface area contributed by atoms with Crippen molar-refractivity contribution in [2.45, 2.75) is 13.3 Å². The van der Waals surface area contributed by atoms with Crippen molar-refractivity contribution >= 4 is 5.78 Å².